The molecule has 1 aliphatic rings. The van der Waals surface area contributed by atoms with Gasteiger partial charge in [-0.05, 0) is 19.9 Å². The third-order valence-corrected chi connectivity index (χ3v) is 3.89. The van der Waals surface area contributed by atoms with Gasteiger partial charge in [0.05, 0.1) is 11.5 Å². The van der Waals surface area contributed by atoms with Gasteiger partial charge in [0.25, 0.3) is 0 Å². The summed E-state index contributed by atoms with van der Waals surface area (Å²) in [6, 6.07) is 7.29. The van der Waals surface area contributed by atoms with Gasteiger partial charge in [-0.1, -0.05) is 18.2 Å². The van der Waals surface area contributed by atoms with E-state index in [4.69, 9.17) is 9.84 Å². The molecule has 0 saturated carbocycles. The highest BCUT2D eigenvalue weighted by Crippen LogP contribution is 2.37. The average molecular weight is 267 g/mol. The molecule has 98 valence electrons. The zero-order chi connectivity index (χ0) is 13.1. The van der Waals surface area contributed by atoms with Crippen LogP contribution in [0, 0.1) is 0 Å². The van der Waals surface area contributed by atoms with Crippen LogP contribution in [-0.4, -0.2) is 29.0 Å². The van der Waals surface area contributed by atoms with Crippen LogP contribution >= 0.6 is 11.8 Å². The smallest absolute Gasteiger partial charge is 0.321 e. The molecule has 1 saturated heterocycles. The van der Waals surface area contributed by atoms with Gasteiger partial charge in [-0.25, -0.2) is 0 Å². The number of rotatable bonds is 4. The molecule has 0 aliphatic carbocycles. The molecule has 1 unspecified atom stereocenters. The number of aliphatic carboxylic acids is 1. The summed E-state index contributed by atoms with van der Waals surface area (Å²) in [4.78, 5) is 10.9. The number of carbonyl (C=O) groups is 1. The lowest BCUT2D eigenvalue weighted by Crippen LogP contribution is -2.33. The van der Waals surface area contributed by atoms with Crippen LogP contribution in [0.5, 0.6) is 5.75 Å². The molecule has 5 heteroatoms. The second kappa shape index (κ2) is 5.63. The fraction of sp³-hybridized carbons (Fsp3) is 0.462. The molecule has 4 nitrogen and oxygen atoms in total. The summed E-state index contributed by atoms with van der Waals surface area (Å²) in [5.41, 5.74) is 1.01. The number of hydrogen-bond donors (Lipinski definition) is 2. The van der Waals surface area contributed by atoms with Crippen molar-refractivity contribution >= 4 is 17.7 Å². The van der Waals surface area contributed by atoms with Crippen molar-refractivity contribution < 1.29 is 14.6 Å². The number of ether oxygens (including phenoxy) is 1. The van der Waals surface area contributed by atoms with Crippen LogP contribution in [-0.2, 0) is 4.79 Å². The van der Waals surface area contributed by atoms with Crippen LogP contribution < -0.4 is 10.1 Å². The van der Waals surface area contributed by atoms with Crippen LogP contribution in [0.2, 0.25) is 0 Å². The van der Waals surface area contributed by atoms with E-state index < -0.39 is 12.0 Å². The minimum atomic E-state index is -0.799. The lowest BCUT2D eigenvalue weighted by Gasteiger charge is -2.18. The third kappa shape index (κ3) is 2.97. The first-order valence-electron chi connectivity index (χ1n) is 5.94. The molecule has 1 fully saturated rings. The molecular formula is C13H17NO3S. The van der Waals surface area contributed by atoms with E-state index >= 15 is 0 Å². The maximum absolute atomic E-state index is 10.9. The second-order valence-corrected chi connectivity index (χ2v) is 5.61. The van der Waals surface area contributed by atoms with Gasteiger partial charge in [-0.15, -0.1) is 11.8 Å². The van der Waals surface area contributed by atoms with Gasteiger partial charge in [0.15, 0.2) is 0 Å². The third-order valence-electron chi connectivity index (χ3n) is 2.64. The Morgan fingerprint density at radius 3 is 2.83 bits per heavy atom. The minimum absolute atomic E-state index is 0.0129. The first kappa shape index (κ1) is 13.2. The summed E-state index contributed by atoms with van der Waals surface area (Å²) in [7, 11) is 0. The maximum Gasteiger partial charge on any atom is 0.321 e. The zero-order valence-corrected chi connectivity index (χ0v) is 11.2. The fourth-order valence-electron chi connectivity index (χ4n) is 1.85. The molecule has 1 heterocycles. The standard InChI is InChI=1S/C13H17NO3S/c1-8(2)17-11-6-4-3-5-9(11)12-14-10(7-18-12)13(15)16/h3-6,8,10,12,14H,7H2,1-2H3,(H,15,16)/t10-,12?/m1/s1. The van der Waals surface area contributed by atoms with E-state index in [1.807, 2.05) is 38.1 Å². The molecule has 2 rings (SSSR count). The second-order valence-electron chi connectivity index (χ2n) is 4.48. The highest BCUT2D eigenvalue weighted by Gasteiger charge is 2.31. The Balaban J connectivity index is 2.16. The molecule has 0 radical (unpaired) electrons. The minimum Gasteiger partial charge on any atom is -0.491 e. The topological polar surface area (TPSA) is 58.6 Å². The molecule has 0 spiro atoms. The molecule has 0 aromatic heterocycles. The first-order chi connectivity index (χ1) is 8.58. The summed E-state index contributed by atoms with van der Waals surface area (Å²) in [6.07, 6.45) is 0.104. The Kier molecular flexibility index (Phi) is 4.14. The fourth-order valence-corrected chi connectivity index (χ4v) is 3.11. The Morgan fingerprint density at radius 1 is 1.50 bits per heavy atom. The van der Waals surface area contributed by atoms with E-state index in [0.29, 0.717) is 5.75 Å². The molecule has 1 aromatic carbocycles. The summed E-state index contributed by atoms with van der Waals surface area (Å²) < 4.78 is 5.75. The molecule has 0 bridgehead atoms. The van der Waals surface area contributed by atoms with E-state index in [1.54, 1.807) is 11.8 Å². The van der Waals surface area contributed by atoms with Crippen LogP contribution in [0.1, 0.15) is 24.8 Å². The lowest BCUT2D eigenvalue weighted by atomic mass is 10.2. The number of benzene rings is 1. The van der Waals surface area contributed by atoms with Crippen LogP contribution in [0.3, 0.4) is 0 Å². The van der Waals surface area contributed by atoms with Crippen molar-refractivity contribution in [3.05, 3.63) is 29.8 Å². The Hall–Kier alpha value is -1.20. The number of carboxylic acids is 1. The van der Waals surface area contributed by atoms with Crippen LogP contribution in [0.15, 0.2) is 24.3 Å². The van der Waals surface area contributed by atoms with Gasteiger partial charge in [0.1, 0.15) is 11.8 Å². The number of para-hydroxylation sites is 1. The molecular weight excluding hydrogens is 250 g/mol. The van der Waals surface area contributed by atoms with Gasteiger partial charge in [-0.2, -0.15) is 0 Å². The van der Waals surface area contributed by atoms with Crippen LogP contribution in [0.25, 0.3) is 0 Å². The number of nitrogens with one attached hydrogen (secondary N) is 1. The summed E-state index contributed by atoms with van der Waals surface area (Å²) in [5.74, 6) is 0.603. The van der Waals surface area contributed by atoms with E-state index in [1.165, 1.54) is 0 Å². The first-order valence-corrected chi connectivity index (χ1v) is 6.99. The molecule has 1 aromatic rings. The number of carboxylic acid groups (broad SMARTS) is 1. The molecule has 2 N–H and O–H groups in total. The largest absolute Gasteiger partial charge is 0.491 e. The van der Waals surface area contributed by atoms with E-state index in [-0.39, 0.29) is 11.5 Å². The Bertz CT molecular complexity index is 436. The maximum atomic E-state index is 10.9. The Morgan fingerprint density at radius 2 is 2.22 bits per heavy atom. The number of thioether (sulfide) groups is 1. The summed E-state index contributed by atoms with van der Waals surface area (Å²) in [5, 5.41) is 12.1. The summed E-state index contributed by atoms with van der Waals surface area (Å²) in [6.45, 7) is 3.96. The Labute approximate surface area is 111 Å². The summed E-state index contributed by atoms with van der Waals surface area (Å²) >= 11 is 1.60. The highest BCUT2D eigenvalue weighted by atomic mass is 32.2. The van der Waals surface area contributed by atoms with Gasteiger partial charge < -0.3 is 9.84 Å². The molecule has 1 aliphatic heterocycles. The number of hydrogen-bond acceptors (Lipinski definition) is 4. The predicted molar refractivity (Wildman–Crippen MR) is 72.0 cm³/mol. The van der Waals surface area contributed by atoms with E-state index in [2.05, 4.69) is 5.32 Å². The lowest BCUT2D eigenvalue weighted by molar-refractivity contribution is -0.138. The molecule has 0 amide bonds. The average Bonchev–Trinajstić information content (AvgIpc) is 2.78. The van der Waals surface area contributed by atoms with Gasteiger partial charge in [-0.3, -0.25) is 10.1 Å². The van der Waals surface area contributed by atoms with E-state index in [9.17, 15) is 4.79 Å². The van der Waals surface area contributed by atoms with Crippen molar-refractivity contribution in [1.29, 1.82) is 0 Å². The van der Waals surface area contributed by atoms with Crippen molar-refractivity contribution in [3.8, 4) is 5.75 Å². The van der Waals surface area contributed by atoms with Crippen LogP contribution in [0.4, 0.5) is 0 Å². The van der Waals surface area contributed by atoms with E-state index in [0.717, 1.165) is 11.3 Å². The van der Waals surface area contributed by atoms with Gasteiger partial charge >= 0.3 is 5.97 Å². The van der Waals surface area contributed by atoms with Crippen molar-refractivity contribution in [2.75, 3.05) is 5.75 Å². The van der Waals surface area contributed by atoms with Crippen molar-refractivity contribution in [3.63, 3.8) is 0 Å². The SMILES string of the molecule is CC(C)Oc1ccccc1C1N[C@@H](C(=O)O)CS1. The van der Waals surface area contributed by atoms with Crippen molar-refractivity contribution in [1.82, 2.24) is 5.32 Å². The molecule has 2 atom stereocenters. The normalized spacial score (nSPS) is 23.3. The van der Waals surface area contributed by atoms with Gasteiger partial charge in [0, 0.05) is 11.3 Å². The highest BCUT2D eigenvalue weighted by molar-refractivity contribution is 7.99. The quantitative estimate of drug-likeness (QED) is 0.876. The monoisotopic (exact) mass is 267 g/mol. The van der Waals surface area contributed by atoms with Crippen molar-refractivity contribution in [2.24, 2.45) is 0 Å². The van der Waals surface area contributed by atoms with Crippen molar-refractivity contribution in [2.45, 2.75) is 31.4 Å². The molecule has 18 heavy (non-hydrogen) atoms. The van der Waals surface area contributed by atoms with Gasteiger partial charge in [0.2, 0.25) is 0 Å². The zero-order valence-electron chi connectivity index (χ0n) is 10.4. The predicted octanol–water partition coefficient (Wildman–Crippen LogP) is 2.26.